The summed E-state index contributed by atoms with van der Waals surface area (Å²) in [5.41, 5.74) is 2.68. The van der Waals surface area contributed by atoms with Gasteiger partial charge in [-0.1, -0.05) is 24.3 Å². The Morgan fingerprint density at radius 1 is 1.23 bits per heavy atom. The quantitative estimate of drug-likeness (QED) is 0.850. The normalized spacial score (nSPS) is 17.0. The lowest BCUT2D eigenvalue weighted by Crippen LogP contribution is -2.42. The van der Waals surface area contributed by atoms with Gasteiger partial charge in [-0.2, -0.15) is 0 Å². The summed E-state index contributed by atoms with van der Waals surface area (Å²) in [7, 11) is 1.49. The van der Waals surface area contributed by atoms with Crippen molar-refractivity contribution in [2.45, 2.75) is 25.9 Å². The van der Waals surface area contributed by atoms with Gasteiger partial charge >= 0.3 is 0 Å². The highest BCUT2D eigenvalue weighted by molar-refractivity contribution is 5.97. The van der Waals surface area contributed by atoms with Crippen molar-refractivity contribution in [2.24, 2.45) is 0 Å². The molecule has 0 radical (unpaired) electrons. The number of ether oxygens (including phenoxy) is 1. The third kappa shape index (κ3) is 2.56. The van der Waals surface area contributed by atoms with Crippen molar-refractivity contribution < 1.29 is 13.9 Å². The van der Waals surface area contributed by atoms with Crippen LogP contribution in [0.2, 0.25) is 0 Å². The van der Waals surface area contributed by atoms with Gasteiger partial charge in [-0.15, -0.1) is 0 Å². The molecule has 22 heavy (non-hydrogen) atoms. The molecule has 1 aliphatic heterocycles. The van der Waals surface area contributed by atoms with Crippen LogP contribution in [0.4, 0.5) is 4.39 Å². The molecule has 2 aromatic rings. The monoisotopic (exact) mass is 299 g/mol. The van der Waals surface area contributed by atoms with E-state index in [4.69, 9.17) is 4.74 Å². The standard InChI is InChI=1S/C18H18FNO2/c1-12-9-13-5-3-4-6-14(13)11-20(12)18(21)16-10-15(19)7-8-17(16)22-2/h3-8,10,12H,9,11H2,1-2H3. The number of amides is 1. The maximum atomic E-state index is 13.5. The fourth-order valence-electron chi connectivity index (χ4n) is 2.95. The van der Waals surface area contributed by atoms with E-state index in [1.165, 1.54) is 30.9 Å². The lowest BCUT2D eigenvalue weighted by molar-refractivity contribution is 0.0654. The molecular formula is C18H18FNO2. The molecule has 0 spiro atoms. The summed E-state index contributed by atoms with van der Waals surface area (Å²) in [6.45, 7) is 2.55. The van der Waals surface area contributed by atoms with Crippen LogP contribution in [0, 0.1) is 5.82 Å². The molecule has 0 N–H and O–H groups in total. The molecule has 2 aromatic carbocycles. The molecule has 0 saturated carbocycles. The van der Waals surface area contributed by atoms with Crippen molar-refractivity contribution in [2.75, 3.05) is 7.11 Å². The second-order valence-corrected chi connectivity index (χ2v) is 5.60. The summed E-state index contributed by atoms with van der Waals surface area (Å²) < 4.78 is 18.7. The van der Waals surface area contributed by atoms with E-state index >= 15 is 0 Å². The smallest absolute Gasteiger partial charge is 0.258 e. The Labute approximate surface area is 129 Å². The number of carbonyl (C=O) groups is 1. The molecule has 3 nitrogen and oxygen atoms in total. The molecule has 1 heterocycles. The predicted molar refractivity (Wildman–Crippen MR) is 82.4 cm³/mol. The minimum absolute atomic E-state index is 0.0652. The van der Waals surface area contributed by atoms with Crippen molar-refractivity contribution >= 4 is 5.91 Å². The number of halogens is 1. The van der Waals surface area contributed by atoms with Crippen LogP contribution in [0.5, 0.6) is 5.75 Å². The second-order valence-electron chi connectivity index (χ2n) is 5.60. The molecule has 0 bridgehead atoms. The summed E-state index contributed by atoms with van der Waals surface area (Å²) in [6.07, 6.45) is 0.805. The van der Waals surface area contributed by atoms with Crippen molar-refractivity contribution in [3.63, 3.8) is 0 Å². The Balaban J connectivity index is 1.95. The van der Waals surface area contributed by atoms with Gasteiger partial charge in [0, 0.05) is 12.6 Å². The molecule has 1 amide bonds. The first-order valence-electron chi connectivity index (χ1n) is 7.31. The zero-order chi connectivity index (χ0) is 15.7. The number of rotatable bonds is 2. The number of hydrogen-bond acceptors (Lipinski definition) is 2. The Hall–Kier alpha value is -2.36. The Morgan fingerprint density at radius 2 is 1.95 bits per heavy atom. The van der Waals surface area contributed by atoms with Crippen molar-refractivity contribution in [3.8, 4) is 5.75 Å². The molecule has 0 fully saturated rings. The first kappa shape index (κ1) is 14.6. The van der Waals surface area contributed by atoms with Crippen LogP contribution in [0.25, 0.3) is 0 Å². The summed E-state index contributed by atoms with van der Waals surface area (Å²) in [5, 5.41) is 0. The van der Waals surface area contributed by atoms with E-state index < -0.39 is 5.82 Å². The largest absolute Gasteiger partial charge is 0.496 e. The van der Waals surface area contributed by atoms with Crippen LogP contribution >= 0.6 is 0 Å². The SMILES string of the molecule is COc1ccc(F)cc1C(=O)N1Cc2ccccc2CC1C. The highest BCUT2D eigenvalue weighted by Gasteiger charge is 2.29. The first-order valence-corrected chi connectivity index (χ1v) is 7.31. The summed E-state index contributed by atoms with van der Waals surface area (Å²) in [5.74, 6) is -0.231. The van der Waals surface area contributed by atoms with Crippen LogP contribution in [-0.4, -0.2) is 24.0 Å². The van der Waals surface area contributed by atoms with Crippen LogP contribution in [0.3, 0.4) is 0 Å². The number of carbonyl (C=O) groups excluding carboxylic acids is 1. The van der Waals surface area contributed by atoms with E-state index in [1.54, 1.807) is 4.90 Å². The van der Waals surface area contributed by atoms with Crippen LogP contribution in [0.1, 0.15) is 28.4 Å². The van der Waals surface area contributed by atoms with E-state index in [0.717, 1.165) is 12.0 Å². The third-order valence-corrected chi connectivity index (χ3v) is 4.16. The molecule has 1 unspecified atom stereocenters. The molecule has 114 valence electrons. The van der Waals surface area contributed by atoms with E-state index in [2.05, 4.69) is 6.07 Å². The molecule has 0 saturated heterocycles. The lowest BCUT2D eigenvalue weighted by Gasteiger charge is -2.35. The van der Waals surface area contributed by atoms with Gasteiger partial charge in [0.05, 0.1) is 12.7 Å². The fraction of sp³-hybridized carbons (Fsp3) is 0.278. The molecule has 0 aromatic heterocycles. The Morgan fingerprint density at radius 3 is 2.68 bits per heavy atom. The predicted octanol–water partition coefficient (Wildman–Crippen LogP) is 3.42. The fourth-order valence-corrected chi connectivity index (χ4v) is 2.95. The minimum Gasteiger partial charge on any atom is -0.496 e. The molecular weight excluding hydrogens is 281 g/mol. The average Bonchev–Trinajstić information content (AvgIpc) is 2.53. The van der Waals surface area contributed by atoms with Crippen molar-refractivity contribution in [1.29, 1.82) is 0 Å². The van der Waals surface area contributed by atoms with E-state index in [0.29, 0.717) is 12.3 Å². The van der Waals surface area contributed by atoms with Gasteiger partial charge < -0.3 is 9.64 Å². The van der Waals surface area contributed by atoms with Gasteiger partial charge in [0.25, 0.3) is 5.91 Å². The van der Waals surface area contributed by atoms with E-state index in [1.807, 2.05) is 25.1 Å². The van der Waals surface area contributed by atoms with Gasteiger partial charge in [-0.05, 0) is 42.7 Å². The molecule has 4 heteroatoms. The Kier molecular flexibility index (Phi) is 3.84. The maximum Gasteiger partial charge on any atom is 0.258 e. The molecule has 1 atom stereocenters. The van der Waals surface area contributed by atoms with Gasteiger partial charge in [0.15, 0.2) is 0 Å². The topological polar surface area (TPSA) is 29.5 Å². The molecule has 0 aliphatic carbocycles. The number of methoxy groups -OCH3 is 1. The van der Waals surface area contributed by atoms with E-state index in [9.17, 15) is 9.18 Å². The van der Waals surface area contributed by atoms with E-state index in [-0.39, 0.29) is 17.5 Å². The number of nitrogens with zero attached hydrogens (tertiary/aromatic N) is 1. The van der Waals surface area contributed by atoms with Gasteiger partial charge in [0.2, 0.25) is 0 Å². The lowest BCUT2D eigenvalue weighted by atomic mass is 9.94. The van der Waals surface area contributed by atoms with Gasteiger partial charge in [-0.3, -0.25) is 4.79 Å². The maximum absolute atomic E-state index is 13.5. The number of hydrogen-bond donors (Lipinski definition) is 0. The minimum atomic E-state index is -0.436. The average molecular weight is 299 g/mol. The van der Waals surface area contributed by atoms with Crippen molar-refractivity contribution in [1.82, 2.24) is 4.90 Å². The number of fused-ring (bicyclic) bond motifs is 1. The van der Waals surface area contributed by atoms with Gasteiger partial charge in [0.1, 0.15) is 11.6 Å². The molecule has 3 rings (SSSR count). The third-order valence-electron chi connectivity index (χ3n) is 4.16. The zero-order valence-electron chi connectivity index (χ0n) is 12.7. The Bertz CT molecular complexity index is 714. The summed E-state index contributed by atoms with van der Waals surface area (Å²) >= 11 is 0. The highest BCUT2D eigenvalue weighted by atomic mass is 19.1. The highest BCUT2D eigenvalue weighted by Crippen LogP contribution is 2.28. The zero-order valence-corrected chi connectivity index (χ0v) is 12.7. The first-order chi connectivity index (χ1) is 10.6. The van der Waals surface area contributed by atoms with Gasteiger partial charge in [-0.25, -0.2) is 4.39 Å². The summed E-state index contributed by atoms with van der Waals surface area (Å²) in [4.78, 5) is 14.6. The second kappa shape index (κ2) is 5.79. The van der Waals surface area contributed by atoms with Crippen molar-refractivity contribution in [3.05, 3.63) is 65.0 Å². The summed E-state index contributed by atoms with van der Waals surface area (Å²) in [6, 6.07) is 12.2. The van der Waals surface area contributed by atoms with Crippen LogP contribution in [0.15, 0.2) is 42.5 Å². The van der Waals surface area contributed by atoms with Crippen LogP contribution < -0.4 is 4.74 Å². The van der Waals surface area contributed by atoms with Crippen LogP contribution in [-0.2, 0) is 13.0 Å². The molecule has 1 aliphatic rings. The number of benzene rings is 2.